The Kier molecular flexibility index (Phi) is 5.12. The zero-order valence-electron chi connectivity index (χ0n) is 15.1. The Morgan fingerprint density at radius 1 is 0.962 bits per heavy atom. The van der Waals surface area contributed by atoms with E-state index in [1.54, 1.807) is 4.90 Å². The summed E-state index contributed by atoms with van der Waals surface area (Å²) in [5, 5.41) is 4.25. The number of hydrogen-bond acceptors (Lipinski definition) is 2. The predicted molar refractivity (Wildman–Crippen MR) is 103 cm³/mol. The minimum Gasteiger partial charge on any atom is -0.327 e. The third-order valence-corrected chi connectivity index (χ3v) is 5.47. The standard InChI is InChI=1S/C22H25N3O/c26-22(24-23-21-7-3-4-8-21)19-11-9-17(10-12-19)15-25-14-13-18-5-1-2-6-20(18)16-25/h1-2,5-6,9-12H,3-4,7-8,13-16H2,(H,24,26)/p+1. The van der Waals surface area contributed by atoms with Crippen molar-refractivity contribution in [3.63, 3.8) is 0 Å². The minimum atomic E-state index is -0.116. The van der Waals surface area contributed by atoms with Crippen molar-refractivity contribution in [2.75, 3.05) is 6.54 Å². The van der Waals surface area contributed by atoms with Crippen LogP contribution in [0, 0.1) is 0 Å². The fourth-order valence-corrected chi connectivity index (χ4v) is 3.95. The van der Waals surface area contributed by atoms with Crippen LogP contribution in [0.4, 0.5) is 0 Å². The molecule has 2 aromatic rings. The van der Waals surface area contributed by atoms with Crippen molar-refractivity contribution in [2.24, 2.45) is 5.10 Å². The molecular weight excluding hydrogens is 322 g/mol. The number of carbonyl (C=O) groups is 1. The number of rotatable bonds is 4. The van der Waals surface area contributed by atoms with Crippen LogP contribution in [-0.4, -0.2) is 18.2 Å². The maximum atomic E-state index is 12.2. The quantitative estimate of drug-likeness (QED) is 0.820. The van der Waals surface area contributed by atoms with Gasteiger partial charge in [0.15, 0.2) is 0 Å². The van der Waals surface area contributed by atoms with Gasteiger partial charge in [-0.3, -0.25) is 4.79 Å². The van der Waals surface area contributed by atoms with E-state index in [1.165, 1.54) is 29.5 Å². The van der Waals surface area contributed by atoms with Crippen LogP contribution in [0.25, 0.3) is 0 Å². The molecule has 134 valence electrons. The predicted octanol–water partition coefficient (Wildman–Crippen LogP) is 2.49. The Hall–Kier alpha value is -2.46. The van der Waals surface area contributed by atoms with E-state index in [1.807, 2.05) is 12.1 Å². The van der Waals surface area contributed by atoms with E-state index in [0.29, 0.717) is 5.56 Å². The van der Waals surface area contributed by atoms with Gasteiger partial charge in [0.05, 0.1) is 6.54 Å². The average molecular weight is 348 g/mol. The largest absolute Gasteiger partial charge is 0.327 e. The number of hydrazone groups is 1. The molecule has 4 rings (SSSR count). The van der Waals surface area contributed by atoms with Gasteiger partial charge in [-0.2, -0.15) is 5.10 Å². The molecule has 1 atom stereocenters. The van der Waals surface area contributed by atoms with Crippen LogP contribution in [0.15, 0.2) is 53.6 Å². The molecule has 1 unspecified atom stereocenters. The van der Waals surface area contributed by atoms with Gasteiger partial charge >= 0.3 is 0 Å². The summed E-state index contributed by atoms with van der Waals surface area (Å²) in [5.41, 5.74) is 8.72. The minimum absolute atomic E-state index is 0.116. The summed E-state index contributed by atoms with van der Waals surface area (Å²) in [6, 6.07) is 16.7. The normalized spacial score (nSPS) is 19.1. The number of nitrogens with one attached hydrogen (secondary N) is 2. The summed E-state index contributed by atoms with van der Waals surface area (Å²) in [5.74, 6) is -0.116. The van der Waals surface area contributed by atoms with Gasteiger partial charge in [0, 0.05) is 28.8 Å². The zero-order valence-corrected chi connectivity index (χ0v) is 15.1. The van der Waals surface area contributed by atoms with E-state index in [2.05, 4.69) is 46.9 Å². The lowest BCUT2D eigenvalue weighted by molar-refractivity contribution is -0.929. The fraction of sp³-hybridized carbons (Fsp3) is 0.364. The van der Waals surface area contributed by atoms with Crippen molar-refractivity contribution in [3.8, 4) is 0 Å². The first-order chi connectivity index (χ1) is 12.8. The van der Waals surface area contributed by atoms with Gasteiger partial charge < -0.3 is 4.90 Å². The molecule has 1 amide bonds. The van der Waals surface area contributed by atoms with E-state index >= 15 is 0 Å². The highest BCUT2D eigenvalue weighted by Crippen LogP contribution is 2.14. The Bertz CT molecular complexity index is 802. The van der Waals surface area contributed by atoms with Crippen LogP contribution >= 0.6 is 0 Å². The highest BCUT2D eigenvalue weighted by atomic mass is 16.2. The Balaban J connectivity index is 1.34. The van der Waals surface area contributed by atoms with Crippen LogP contribution in [0.2, 0.25) is 0 Å². The molecule has 2 aromatic carbocycles. The van der Waals surface area contributed by atoms with Gasteiger partial charge in [-0.05, 0) is 43.4 Å². The molecule has 0 radical (unpaired) electrons. The van der Waals surface area contributed by atoms with E-state index in [4.69, 9.17) is 0 Å². The number of amides is 1. The molecule has 1 aliphatic carbocycles. The van der Waals surface area contributed by atoms with Crippen molar-refractivity contribution in [1.82, 2.24) is 5.43 Å². The molecule has 1 saturated carbocycles. The molecule has 26 heavy (non-hydrogen) atoms. The lowest BCUT2D eigenvalue weighted by Crippen LogP contribution is -3.10. The number of hydrogen-bond donors (Lipinski definition) is 2. The SMILES string of the molecule is O=C(NN=C1CCCC1)c1ccc(C[NH+]2CCc3ccccc3C2)cc1. The summed E-state index contributed by atoms with van der Waals surface area (Å²) in [4.78, 5) is 13.8. The Labute approximate surface area is 154 Å². The number of benzene rings is 2. The van der Waals surface area contributed by atoms with E-state index in [-0.39, 0.29) is 5.91 Å². The van der Waals surface area contributed by atoms with Gasteiger partial charge in [0.25, 0.3) is 5.91 Å². The van der Waals surface area contributed by atoms with Crippen LogP contribution in [0.3, 0.4) is 0 Å². The molecule has 0 bridgehead atoms. The molecule has 0 spiro atoms. The van der Waals surface area contributed by atoms with Crippen LogP contribution < -0.4 is 10.3 Å². The molecule has 0 saturated heterocycles. The van der Waals surface area contributed by atoms with Gasteiger partial charge in [-0.25, -0.2) is 5.43 Å². The second-order valence-corrected chi connectivity index (χ2v) is 7.40. The molecule has 4 heteroatoms. The Morgan fingerprint density at radius 2 is 1.69 bits per heavy atom. The van der Waals surface area contributed by atoms with Gasteiger partial charge in [-0.1, -0.05) is 36.4 Å². The zero-order chi connectivity index (χ0) is 17.8. The third-order valence-electron chi connectivity index (χ3n) is 5.47. The van der Waals surface area contributed by atoms with Gasteiger partial charge in [0.1, 0.15) is 13.1 Å². The first-order valence-electron chi connectivity index (χ1n) is 9.63. The smallest absolute Gasteiger partial charge is 0.271 e. The van der Waals surface area contributed by atoms with Crippen molar-refractivity contribution in [1.29, 1.82) is 0 Å². The molecular formula is C22H26N3O+. The fourth-order valence-electron chi connectivity index (χ4n) is 3.95. The number of carbonyl (C=O) groups excluding carboxylic acids is 1. The van der Waals surface area contributed by atoms with Gasteiger partial charge in [0.2, 0.25) is 0 Å². The maximum absolute atomic E-state index is 12.2. The molecule has 2 aliphatic rings. The summed E-state index contributed by atoms with van der Waals surface area (Å²) in [6.45, 7) is 3.24. The highest BCUT2D eigenvalue weighted by Gasteiger charge is 2.19. The van der Waals surface area contributed by atoms with Crippen molar-refractivity contribution < 1.29 is 9.69 Å². The van der Waals surface area contributed by atoms with E-state index in [9.17, 15) is 4.79 Å². The van der Waals surface area contributed by atoms with E-state index in [0.717, 1.165) is 44.6 Å². The molecule has 4 nitrogen and oxygen atoms in total. The van der Waals surface area contributed by atoms with Crippen molar-refractivity contribution >= 4 is 11.6 Å². The molecule has 1 fully saturated rings. The Morgan fingerprint density at radius 3 is 2.46 bits per heavy atom. The summed E-state index contributed by atoms with van der Waals surface area (Å²) >= 11 is 0. The summed E-state index contributed by atoms with van der Waals surface area (Å²) in [6.07, 6.45) is 5.55. The lowest BCUT2D eigenvalue weighted by atomic mass is 9.99. The number of quaternary nitrogens is 1. The molecule has 2 N–H and O–H groups in total. The van der Waals surface area contributed by atoms with Crippen LogP contribution in [0.1, 0.15) is 52.7 Å². The second kappa shape index (κ2) is 7.83. The summed E-state index contributed by atoms with van der Waals surface area (Å²) in [7, 11) is 0. The number of fused-ring (bicyclic) bond motifs is 1. The average Bonchev–Trinajstić information content (AvgIpc) is 3.20. The first-order valence-corrected chi connectivity index (χ1v) is 9.63. The van der Waals surface area contributed by atoms with E-state index < -0.39 is 0 Å². The second-order valence-electron chi connectivity index (χ2n) is 7.40. The molecule has 1 aliphatic heterocycles. The first kappa shape index (κ1) is 17.0. The monoisotopic (exact) mass is 348 g/mol. The van der Waals surface area contributed by atoms with Crippen LogP contribution in [0.5, 0.6) is 0 Å². The lowest BCUT2D eigenvalue weighted by Gasteiger charge is -2.26. The van der Waals surface area contributed by atoms with Crippen molar-refractivity contribution in [3.05, 3.63) is 70.8 Å². The molecule has 1 heterocycles. The topological polar surface area (TPSA) is 45.9 Å². The van der Waals surface area contributed by atoms with Crippen LogP contribution in [-0.2, 0) is 19.5 Å². The summed E-state index contributed by atoms with van der Waals surface area (Å²) < 4.78 is 0. The van der Waals surface area contributed by atoms with Gasteiger partial charge in [-0.15, -0.1) is 0 Å². The van der Waals surface area contributed by atoms with Crippen molar-refractivity contribution in [2.45, 2.75) is 45.2 Å². The molecule has 0 aromatic heterocycles. The number of nitrogens with zero attached hydrogens (tertiary/aromatic N) is 1. The highest BCUT2D eigenvalue weighted by molar-refractivity contribution is 5.95. The third kappa shape index (κ3) is 4.02. The maximum Gasteiger partial charge on any atom is 0.271 e.